The molecule has 0 aromatic carbocycles. The zero-order valence-electron chi connectivity index (χ0n) is 8.27. The van der Waals surface area contributed by atoms with Gasteiger partial charge in [0.1, 0.15) is 0 Å². The minimum absolute atomic E-state index is 0.928. The summed E-state index contributed by atoms with van der Waals surface area (Å²) in [6, 6.07) is 0.928. The van der Waals surface area contributed by atoms with Crippen LogP contribution in [0.25, 0.3) is 0 Å². The molecule has 0 unspecified atom stereocenters. The Hall–Kier alpha value is -0.0400. The lowest BCUT2D eigenvalue weighted by molar-refractivity contribution is -0.896. The average molecular weight is 156 g/mol. The topological polar surface area (TPSA) is 0 Å². The van der Waals surface area contributed by atoms with Crippen molar-refractivity contribution in [2.24, 2.45) is 0 Å². The van der Waals surface area contributed by atoms with Gasteiger partial charge in [0.15, 0.2) is 0 Å². The van der Waals surface area contributed by atoms with Crippen LogP contribution in [-0.4, -0.2) is 31.7 Å². The summed E-state index contributed by atoms with van der Waals surface area (Å²) in [6.45, 7) is 0. The van der Waals surface area contributed by atoms with Crippen molar-refractivity contribution in [1.29, 1.82) is 0 Å². The number of hydrogen-bond donors (Lipinski definition) is 0. The Kier molecular flexibility index (Phi) is 2.94. The van der Waals surface area contributed by atoms with Gasteiger partial charge in [0, 0.05) is 0 Å². The summed E-state index contributed by atoms with van der Waals surface area (Å²) in [5.41, 5.74) is 0. The van der Waals surface area contributed by atoms with Crippen LogP contribution in [0.15, 0.2) is 0 Å². The van der Waals surface area contributed by atoms with E-state index in [2.05, 4.69) is 21.1 Å². The molecule has 1 nitrogen and oxygen atoms in total. The Bertz CT molecular complexity index is 105. The lowest BCUT2D eigenvalue weighted by Gasteiger charge is -2.33. The largest absolute Gasteiger partial charge is 0.328 e. The SMILES string of the molecule is C[N+](C)(C)C1CCCCCC1. The summed E-state index contributed by atoms with van der Waals surface area (Å²) < 4.78 is 1.17. The van der Waals surface area contributed by atoms with E-state index < -0.39 is 0 Å². The smallest absolute Gasteiger partial charge is 0.0884 e. The molecule has 1 saturated carbocycles. The quantitative estimate of drug-likeness (QED) is 0.404. The number of rotatable bonds is 1. The summed E-state index contributed by atoms with van der Waals surface area (Å²) in [4.78, 5) is 0. The number of hydrogen-bond acceptors (Lipinski definition) is 0. The molecule has 1 fully saturated rings. The maximum absolute atomic E-state index is 2.33. The molecule has 0 saturated heterocycles. The van der Waals surface area contributed by atoms with Gasteiger partial charge in [-0.25, -0.2) is 0 Å². The monoisotopic (exact) mass is 156 g/mol. The predicted molar refractivity (Wildman–Crippen MR) is 49.5 cm³/mol. The minimum Gasteiger partial charge on any atom is -0.328 e. The van der Waals surface area contributed by atoms with Gasteiger partial charge >= 0.3 is 0 Å². The maximum Gasteiger partial charge on any atom is 0.0884 e. The molecule has 1 aliphatic rings. The number of nitrogens with zero attached hydrogens (tertiary/aromatic N) is 1. The van der Waals surface area contributed by atoms with E-state index in [-0.39, 0.29) is 0 Å². The van der Waals surface area contributed by atoms with Crippen LogP contribution >= 0.6 is 0 Å². The first kappa shape index (κ1) is 9.05. The summed E-state index contributed by atoms with van der Waals surface area (Å²) in [7, 11) is 6.99. The van der Waals surface area contributed by atoms with E-state index in [0.717, 1.165) is 6.04 Å². The second-order valence-corrected chi connectivity index (χ2v) is 4.76. The van der Waals surface area contributed by atoms with E-state index >= 15 is 0 Å². The van der Waals surface area contributed by atoms with Gasteiger partial charge in [0.2, 0.25) is 0 Å². The lowest BCUT2D eigenvalue weighted by atomic mass is 10.1. The zero-order chi connectivity index (χ0) is 8.32. The number of quaternary nitrogens is 1. The third-order valence-corrected chi connectivity index (χ3v) is 2.92. The van der Waals surface area contributed by atoms with Crippen LogP contribution in [0.1, 0.15) is 38.5 Å². The molecule has 0 bridgehead atoms. The summed E-state index contributed by atoms with van der Waals surface area (Å²) in [5.74, 6) is 0. The van der Waals surface area contributed by atoms with Crippen LogP contribution < -0.4 is 0 Å². The van der Waals surface area contributed by atoms with Crippen molar-refractivity contribution in [2.75, 3.05) is 21.1 Å². The molecular formula is C10H22N+. The van der Waals surface area contributed by atoms with E-state index in [1.807, 2.05) is 0 Å². The molecule has 0 amide bonds. The van der Waals surface area contributed by atoms with Crippen molar-refractivity contribution >= 4 is 0 Å². The standard InChI is InChI=1S/C10H22N/c1-11(2,3)10-8-6-4-5-7-9-10/h10H,4-9H2,1-3H3/q+1. The van der Waals surface area contributed by atoms with Gasteiger partial charge in [0.05, 0.1) is 27.2 Å². The van der Waals surface area contributed by atoms with E-state index in [1.165, 1.54) is 43.0 Å². The summed E-state index contributed by atoms with van der Waals surface area (Å²) in [6.07, 6.45) is 8.75. The highest BCUT2D eigenvalue weighted by molar-refractivity contribution is 4.63. The van der Waals surface area contributed by atoms with E-state index in [9.17, 15) is 0 Å². The maximum atomic E-state index is 2.33. The Balaban J connectivity index is 2.43. The summed E-state index contributed by atoms with van der Waals surface area (Å²) in [5, 5.41) is 0. The molecule has 0 radical (unpaired) electrons. The molecule has 66 valence electrons. The molecular weight excluding hydrogens is 134 g/mol. The van der Waals surface area contributed by atoms with Crippen LogP contribution in [0.2, 0.25) is 0 Å². The van der Waals surface area contributed by atoms with Crippen LogP contribution in [0, 0.1) is 0 Å². The Morgan fingerprint density at radius 3 is 1.64 bits per heavy atom. The first-order valence-electron chi connectivity index (χ1n) is 4.92. The van der Waals surface area contributed by atoms with Crippen molar-refractivity contribution in [1.82, 2.24) is 0 Å². The van der Waals surface area contributed by atoms with Crippen molar-refractivity contribution in [3.63, 3.8) is 0 Å². The Labute approximate surface area is 71.0 Å². The molecule has 0 aromatic heterocycles. The Morgan fingerprint density at radius 2 is 1.27 bits per heavy atom. The fraction of sp³-hybridized carbons (Fsp3) is 1.00. The predicted octanol–water partition coefficient (Wildman–Crippen LogP) is 2.42. The highest BCUT2D eigenvalue weighted by Crippen LogP contribution is 2.23. The van der Waals surface area contributed by atoms with Gasteiger partial charge < -0.3 is 4.48 Å². The highest BCUT2D eigenvalue weighted by Gasteiger charge is 2.23. The van der Waals surface area contributed by atoms with Crippen molar-refractivity contribution in [2.45, 2.75) is 44.6 Å². The molecule has 0 heterocycles. The van der Waals surface area contributed by atoms with E-state index in [4.69, 9.17) is 0 Å². The van der Waals surface area contributed by atoms with Crippen LogP contribution in [0.4, 0.5) is 0 Å². The first-order chi connectivity index (χ1) is 5.11. The third-order valence-electron chi connectivity index (χ3n) is 2.92. The van der Waals surface area contributed by atoms with Crippen LogP contribution in [0.3, 0.4) is 0 Å². The lowest BCUT2D eigenvalue weighted by Crippen LogP contribution is -2.44. The second kappa shape index (κ2) is 3.57. The van der Waals surface area contributed by atoms with Gasteiger partial charge in [-0.3, -0.25) is 0 Å². The fourth-order valence-electron chi connectivity index (χ4n) is 2.03. The fourth-order valence-corrected chi connectivity index (χ4v) is 2.03. The first-order valence-corrected chi connectivity index (χ1v) is 4.92. The minimum atomic E-state index is 0.928. The van der Waals surface area contributed by atoms with Gasteiger partial charge in [0.25, 0.3) is 0 Å². The zero-order valence-corrected chi connectivity index (χ0v) is 8.27. The van der Waals surface area contributed by atoms with E-state index in [0.29, 0.717) is 0 Å². The summed E-state index contributed by atoms with van der Waals surface area (Å²) >= 11 is 0. The van der Waals surface area contributed by atoms with E-state index in [1.54, 1.807) is 0 Å². The Morgan fingerprint density at radius 1 is 0.818 bits per heavy atom. The van der Waals surface area contributed by atoms with Crippen LogP contribution in [-0.2, 0) is 0 Å². The molecule has 1 rings (SSSR count). The molecule has 1 aliphatic carbocycles. The third kappa shape index (κ3) is 2.82. The average Bonchev–Trinajstić information content (AvgIpc) is 2.10. The van der Waals surface area contributed by atoms with Gasteiger partial charge in [-0.1, -0.05) is 12.8 Å². The van der Waals surface area contributed by atoms with Gasteiger partial charge in [-0.15, -0.1) is 0 Å². The molecule has 11 heavy (non-hydrogen) atoms. The molecule has 0 aromatic rings. The van der Waals surface area contributed by atoms with Crippen molar-refractivity contribution < 1.29 is 4.48 Å². The van der Waals surface area contributed by atoms with Crippen molar-refractivity contribution in [3.8, 4) is 0 Å². The van der Waals surface area contributed by atoms with Crippen LogP contribution in [0.5, 0.6) is 0 Å². The van der Waals surface area contributed by atoms with Gasteiger partial charge in [-0.2, -0.15) is 0 Å². The van der Waals surface area contributed by atoms with Gasteiger partial charge in [-0.05, 0) is 25.7 Å². The molecule has 0 N–H and O–H groups in total. The normalized spacial score (nSPS) is 23.2. The molecule has 0 aliphatic heterocycles. The molecule has 1 heteroatoms. The second-order valence-electron chi connectivity index (χ2n) is 4.76. The van der Waals surface area contributed by atoms with Crippen molar-refractivity contribution in [3.05, 3.63) is 0 Å². The molecule has 0 spiro atoms. The highest BCUT2D eigenvalue weighted by atomic mass is 15.3. The molecule has 0 atom stereocenters.